The molecule has 1 aliphatic carbocycles. The van der Waals surface area contributed by atoms with Gasteiger partial charge in [-0.3, -0.25) is 4.79 Å². The van der Waals surface area contributed by atoms with Crippen LogP contribution in [-0.4, -0.2) is 42.9 Å². The Balaban J connectivity index is 1.65. The first-order valence-electron chi connectivity index (χ1n) is 10.1. The Morgan fingerprint density at radius 2 is 1.81 bits per heavy atom. The van der Waals surface area contributed by atoms with Crippen LogP contribution < -0.4 is 0 Å². The summed E-state index contributed by atoms with van der Waals surface area (Å²) in [5, 5.41) is 0. The van der Waals surface area contributed by atoms with Gasteiger partial charge in [0.05, 0.1) is 13.2 Å². The summed E-state index contributed by atoms with van der Waals surface area (Å²) in [5.74, 6) is -1.52. The smallest absolute Gasteiger partial charge is 0.222 e. The highest BCUT2D eigenvalue weighted by Crippen LogP contribution is 2.42. The molecule has 4 rings (SSSR count). The Labute approximate surface area is 158 Å². The zero-order chi connectivity index (χ0) is 18.9. The minimum atomic E-state index is -0.849. The monoisotopic (exact) mass is 379 g/mol. The van der Waals surface area contributed by atoms with Gasteiger partial charge in [0.1, 0.15) is 0 Å². The van der Waals surface area contributed by atoms with Crippen LogP contribution in [0.4, 0.5) is 8.78 Å². The topological polar surface area (TPSA) is 38.8 Å². The van der Waals surface area contributed by atoms with Crippen molar-refractivity contribution in [2.45, 2.75) is 69.1 Å². The summed E-state index contributed by atoms with van der Waals surface area (Å²) in [4.78, 5) is 14.7. The Morgan fingerprint density at radius 3 is 2.52 bits per heavy atom. The summed E-state index contributed by atoms with van der Waals surface area (Å²) in [5.41, 5.74) is 0.253. The summed E-state index contributed by atoms with van der Waals surface area (Å²) in [6, 6.07) is 4.38. The molecule has 1 amide bonds. The molecule has 1 aromatic carbocycles. The fourth-order valence-corrected chi connectivity index (χ4v) is 4.90. The van der Waals surface area contributed by atoms with Gasteiger partial charge in [0.25, 0.3) is 0 Å². The zero-order valence-electron chi connectivity index (χ0n) is 15.6. The predicted molar refractivity (Wildman–Crippen MR) is 96.2 cm³/mol. The first-order valence-corrected chi connectivity index (χ1v) is 10.1. The number of halogens is 2. The van der Waals surface area contributed by atoms with Gasteiger partial charge in [-0.1, -0.05) is 25.3 Å². The summed E-state index contributed by atoms with van der Waals surface area (Å²) in [6.07, 6.45) is 6.76. The lowest BCUT2D eigenvalue weighted by atomic mass is 9.70. The maximum absolute atomic E-state index is 14.0. The second-order valence-corrected chi connectivity index (χ2v) is 8.10. The van der Waals surface area contributed by atoms with Crippen LogP contribution in [0.2, 0.25) is 0 Å². The van der Waals surface area contributed by atoms with E-state index < -0.39 is 17.0 Å². The van der Waals surface area contributed by atoms with Crippen LogP contribution in [0.5, 0.6) is 0 Å². The third-order valence-electron chi connectivity index (χ3n) is 6.41. The normalized spacial score (nSPS) is 28.1. The van der Waals surface area contributed by atoms with E-state index in [-0.39, 0.29) is 18.2 Å². The SMILES string of the molecule is O=C1CCC(CC2OCCO2)(c2ccc(F)c(F)c2)CN1C1CCCCC1. The van der Waals surface area contributed by atoms with Gasteiger partial charge >= 0.3 is 0 Å². The van der Waals surface area contributed by atoms with E-state index in [4.69, 9.17) is 9.47 Å². The molecule has 3 aliphatic rings. The molecule has 1 saturated carbocycles. The fourth-order valence-electron chi connectivity index (χ4n) is 4.90. The molecule has 27 heavy (non-hydrogen) atoms. The van der Waals surface area contributed by atoms with E-state index in [0.29, 0.717) is 39.0 Å². The van der Waals surface area contributed by atoms with Crippen molar-refractivity contribution in [3.63, 3.8) is 0 Å². The van der Waals surface area contributed by atoms with Crippen LogP contribution in [0.1, 0.15) is 56.9 Å². The van der Waals surface area contributed by atoms with Crippen LogP contribution in [0.25, 0.3) is 0 Å². The molecule has 0 spiro atoms. The lowest BCUT2D eigenvalue weighted by Crippen LogP contribution is -2.54. The summed E-state index contributed by atoms with van der Waals surface area (Å²) in [6.45, 7) is 1.61. The summed E-state index contributed by atoms with van der Waals surface area (Å²) in [7, 11) is 0. The molecule has 2 saturated heterocycles. The molecule has 0 radical (unpaired) electrons. The van der Waals surface area contributed by atoms with Gasteiger partial charge in [0.2, 0.25) is 5.91 Å². The molecule has 2 aliphatic heterocycles. The lowest BCUT2D eigenvalue weighted by molar-refractivity contribution is -0.141. The summed E-state index contributed by atoms with van der Waals surface area (Å²) < 4.78 is 38.9. The number of hydrogen-bond donors (Lipinski definition) is 0. The third kappa shape index (κ3) is 3.87. The highest BCUT2D eigenvalue weighted by molar-refractivity contribution is 5.78. The number of benzene rings is 1. The number of amides is 1. The first kappa shape index (κ1) is 18.8. The Bertz CT molecular complexity index is 686. The molecule has 0 N–H and O–H groups in total. The van der Waals surface area contributed by atoms with Crippen molar-refractivity contribution in [3.8, 4) is 0 Å². The van der Waals surface area contributed by atoms with Crippen LogP contribution in [0.3, 0.4) is 0 Å². The number of hydrogen-bond acceptors (Lipinski definition) is 3. The number of nitrogens with zero attached hydrogens (tertiary/aromatic N) is 1. The fraction of sp³-hybridized carbons (Fsp3) is 0.667. The molecule has 6 heteroatoms. The minimum absolute atomic E-state index is 0.174. The molecule has 0 aromatic heterocycles. The highest BCUT2D eigenvalue weighted by Gasteiger charge is 2.45. The maximum atomic E-state index is 14.0. The van der Waals surface area contributed by atoms with Crippen molar-refractivity contribution in [2.24, 2.45) is 0 Å². The Morgan fingerprint density at radius 1 is 1.07 bits per heavy atom. The van der Waals surface area contributed by atoms with Crippen molar-refractivity contribution in [1.29, 1.82) is 0 Å². The second-order valence-electron chi connectivity index (χ2n) is 8.10. The number of rotatable bonds is 4. The molecular weight excluding hydrogens is 352 g/mol. The minimum Gasteiger partial charge on any atom is -0.350 e. The van der Waals surface area contributed by atoms with E-state index in [2.05, 4.69) is 0 Å². The van der Waals surface area contributed by atoms with Gasteiger partial charge in [-0.25, -0.2) is 8.78 Å². The summed E-state index contributed by atoms with van der Waals surface area (Å²) >= 11 is 0. The zero-order valence-corrected chi connectivity index (χ0v) is 15.6. The molecule has 1 atom stereocenters. The standard InChI is InChI=1S/C21H27F2NO3/c22-17-7-6-15(12-18(17)23)21(13-20-26-10-11-27-20)9-8-19(25)24(14-21)16-4-2-1-3-5-16/h6-7,12,16,20H,1-5,8-11,13-14H2. The van der Waals surface area contributed by atoms with Gasteiger partial charge in [0, 0.05) is 30.8 Å². The van der Waals surface area contributed by atoms with Gasteiger partial charge in [-0.15, -0.1) is 0 Å². The highest BCUT2D eigenvalue weighted by atomic mass is 19.2. The van der Waals surface area contributed by atoms with Crippen molar-refractivity contribution in [3.05, 3.63) is 35.4 Å². The van der Waals surface area contributed by atoms with Crippen LogP contribution in [0, 0.1) is 11.6 Å². The van der Waals surface area contributed by atoms with Gasteiger partial charge < -0.3 is 14.4 Å². The average molecular weight is 379 g/mol. The lowest BCUT2D eigenvalue weighted by Gasteiger charge is -2.47. The molecule has 1 unspecified atom stereocenters. The third-order valence-corrected chi connectivity index (χ3v) is 6.41. The van der Waals surface area contributed by atoms with E-state index in [1.165, 1.54) is 18.6 Å². The second kappa shape index (κ2) is 7.84. The van der Waals surface area contributed by atoms with Crippen molar-refractivity contribution in [2.75, 3.05) is 19.8 Å². The van der Waals surface area contributed by atoms with E-state index in [1.54, 1.807) is 6.07 Å². The van der Waals surface area contributed by atoms with E-state index >= 15 is 0 Å². The van der Waals surface area contributed by atoms with Gasteiger partial charge in [-0.2, -0.15) is 0 Å². The Hall–Kier alpha value is -1.53. The predicted octanol–water partition coefficient (Wildman–Crippen LogP) is 3.92. The van der Waals surface area contributed by atoms with Crippen molar-refractivity contribution >= 4 is 5.91 Å². The average Bonchev–Trinajstić information content (AvgIpc) is 3.19. The van der Waals surface area contributed by atoms with Gasteiger partial charge in [0.15, 0.2) is 17.9 Å². The number of carbonyl (C=O) groups excluding carboxylic acids is 1. The first-order chi connectivity index (χ1) is 13.1. The van der Waals surface area contributed by atoms with Crippen LogP contribution >= 0.6 is 0 Å². The molecule has 4 nitrogen and oxygen atoms in total. The molecular formula is C21H27F2NO3. The quantitative estimate of drug-likeness (QED) is 0.796. The van der Waals surface area contributed by atoms with Crippen molar-refractivity contribution in [1.82, 2.24) is 4.90 Å². The van der Waals surface area contributed by atoms with Gasteiger partial charge in [-0.05, 0) is 37.0 Å². The van der Waals surface area contributed by atoms with E-state index in [1.807, 2.05) is 4.90 Å². The largest absolute Gasteiger partial charge is 0.350 e. The van der Waals surface area contributed by atoms with Crippen molar-refractivity contribution < 1.29 is 23.0 Å². The molecule has 1 aromatic rings. The Kier molecular flexibility index (Phi) is 5.46. The van der Waals surface area contributed by atoms with Crippen LogP contribution in [-0.2, 0) is 19.7 Å². The molecule has 148 valence electrons. The number of piperidine rings is 1. The number of likely N-dealkylation sites (tertiary alicyclic amines) is 1. The maximum Gasteiger partial charge on any atom is 0.222 e. The number of carbonyl (C=O) groups is 1. The van der Waals surface area contributed by atoms with E-state index in [9.17, 15) is 13.6 Å². The molecule has 0 bridgehead atoms. The molecule has 2 heterocycles. The number of ether oxygens (including phenoxy) is 2. The van der Waals surface area contributed by atoms with E-state index in [0.717, 1.165) is 31.2 Å². The molecule has 3 fully saturated rings. The van der Waals surface area contributed by atoms with Crippen LogP contribution in [0.15, 0.2) is 18.2 Å².